The molecule has 1 aromatic heterocycles. The number of nitrogens with zero attached hydrogens (tertiary/aromatic N) is 3. The number of aliphatic hydroxyl groups excluding tert-OH is 1. The molecule has 2 amide bonds. The monoisotopic (exact) mass is 383 g/mol. The van der Waals surface area contributed by atoms with Gasteiger partial charge in [0.2, 0.25) is 11.8 Å². The molecule has 2 aliphatic rings. The van der Waals surface area contributed by atoms with E-state index in [1.165, 1.54) is 4.68 Å². The number of amides is 2. The van der Waals surface area contributed by atoms with Gasteiger partial charge in [-0.3, -0.25) is 9.59 Å². The lowest BCUT2D eigenvalue weighted by molar-refractivity contribution is -0.201. The molecule has 4 atom stereocenters. The Bertz CT molecular complexity index is 693. The molecule has 2 aliphatic heterocycles. The van der Waals surface area contributed by atoms with E-state index in [4.69, 9.17) is 19.9 Å². The van der Waals surface area contributed by atoms with Crippen LogP contribution >= 0.6 is 0 Å². The molecular weight excluding hydrogens is 358 g/mol. The van der Waals surface area contributed by atoms with Crippen LogP contribution in [0.3, 0.4) is 0 Å². The Labute approximate surface area is 156 Å². The summed E-state index contributed by atoms with van der Waals surface area (Å²) in [6, 6.07) is 0. The predicted octanol–water partition coefficient (Wildman–Crippen LogP) is -1.04. The van der Waals surface area contributed by atoms with E-state index in [2.05, 4.69) is 15.6 Å². The molecular formula is C16H25N5O6. The van der Waals surface area contributed by atoms with E-state index in [0.717, 1.165) is 0 Å². The largest absolute Gasteiger partial charge is 0.394 e. The summed E-state index contributed by atoms with van der Waals surface area (Å²) in [6.45, 7) is 3.61. The lowest BCUT2D eigenvalue weighted by atomic mass is 10.1. The highest BCUT2D eigenvalue weighted by Gasteiger charge is 2.56. The van der Waals surface area contributed by atoms with Crippen molar-refractivity contribution in [1.29, 1.82) is 0 Å². The van der Waals surface area contributed by atoms with Gasteiger partial charge in [0.25, 0.3) is 0 Å². The van der Waals surface area contributed by atoms with Gasteiger partial charge in [0.1, 0.15) is 24.0 Å². The van der Waals surface area contributed by atoms with Crippen molar-refractivity contribution in [1.82, 2.24) is 20.3 Å². The lowest BCUT2D eigenvalue weighted by Crippen LogP contribution is -2.31. The molecule has 0 aromatic carbocycles. The molecule has 2 fully saturated rings. The fourth-order valence-electron chi connectivity index (χ4n) is 3.24. The van der Waals surface area contributed by atoms with E-state index < -0.39 is 36.2 Å². The molecule has 3 heterocycles. The van der Waals surface area contributed by atoms with Crippen molar-refractivity contribution in [3.63, 3.8) is 0 Å². The van der Waals surface area contributed by atoms with Crippen LogP contribution < -0.4 is 11.1 Å². The summed E-state index contributed by atoms with van der Waals surface area (Å²) in [5.74, 6) is -1.40. The minimum atomic E-state index is -0.771. The molecule has 0 spiro atoms. The zero-order chi connectivity index (χ0) is 19.6. The molecule has 0 bridgehead atoms. The van der Waals surface area contributed by atoms with E-state index in [1.54, 1.807) is 20.0 Å². The predicted molar refractivity (Wildman–Crippen MR) is 89.7 cm³/mol. The SMILES string of the molecule is CC1(C)O[C@@H]2[C@H](O1)[C@@H](CO)O[C@H]2n1cc(CNC(=O)CCCC(N)=O)nn1. The summed E-state index contributed by atoms with van der Waals surface area (Å²) in [7, 11) is 0. The molecule has 0 aliphatic carbocycles. The summed E-state index contributed by atoms with van der Waals surface area (Å²) in [4.78, 5) is 22.4. The number of carbonyl (C=O) groups excluding carboxylic acids is 2. The second kappa shape index (κ2) is 7.89. The Kier molecular flexibility index (Phi) is 5.75. The topological polar surface area (TPSA) is 151 Å². The number of carbonyl (C=O) groups is 2. The van der Waals surface area contributed by atoms with Gasteiger partial charge in [-0.15, -0.1) is 5.10 Å². The minimum absolute atomic E-state index is 0.176. The van der Waals surface area contributed by atoms with Crippen molar-refractivity contribution in [3.05, 3.63) is 11.9 Å². The zero-order valence-corrected chi connectivity index (χ0v) is 15.3. The summed E-state index contributed by atoms with van der Waals surface area (Å²) in [5, 5.41) is 20.3. The number of hydrogen-bond acceptors (Lipinski definition) is 8. The van der Waals surface area contributed by atoms with Crippen LogP contribution in [0.5, 0.6) is 0 Å². The van der Waals surface area contributed by atoms with Gasteiger partial charge < -0.3 is 30.4 Å². The summed E-state index contributed by atoms with van der Waals surface area (Å²) >= 11 is 0. The third-order valence-electron chi connectivity index (χ3n) is 4.42. The summed E-state index contributed by atoms with van der Waals surface area (Å²) < 4.78 is 19.0. The second-order valence-corrected chi connectivity index (χ2v) is 7.10. The number of rotatable bonds is 8. The van der Waals surface area contributed by atoms with Gasteiger partial charge in [0, 0.05) is 12.8 Å². The molecule has 11 heteroatoms. The Morgan fingerprint density at radius 1 is 1.33 bits per heavy atom. The van der Waals surface area contributed by atoms with Crippen molar-refractivity contribution in [2.45, 2.75) is 70.0 Å². The van der Waals surface area contributed by atoms with Crippen LogP contribution in [0.4, 0.5) is 0 Å². The average molecular weight is 383 g/mol. The smallest absolute Gasteiger partial charge is 0.220 e. The zero-order valence-electron chi connectivity index (χ0n) is 15.3. The van der Waals surface area contributed by atoms with Gasteiger partial charge in [-0.2, -0.15) is 0 Å². The fraction of sp³-hybridized carbons (Fsp3) is 0.750. The van der Waals surface area contributed by atoms with Gasteiger partial charge in [-0.25, -0.2) is 4.68 Å². The van der Waals surface area contributed by atoms with Crippen LogP contribution in [0.2, 0.25) is 0 Å². The number of aliphatic hydroxyl groups is 1. The van der Waals surface area contributed by atoms with E-state index >= 15 is 0 Å². The Morgan fingerprint density at radius 3 is 2.78 bits per heavy atom. The minimum Gasteiger partial charge on any atom is -0.394 e. The van der Waals surface area contributed by atoms with Crippen LogP contribution in [-0.4, -0.2) is 62.6 Å². The summed E-state index contributed by atoms with van der Waals surface area (Å²) in [5.41, 5.74) is 5.59. The van der Waals surface area contributed by atoms with E-state index in [1.807, 2.05) is 0 Å². The molecule has 27 heavy (non-hydrogen) atoms. The maximum absolute atomic E-state index is 11.8. The van der Waals surface area contributed by atoms with Crippen molar-refractivity contribution in [2.24, 2.45) is 5.73 Å². The number of ether oxygens (including phenoxy) is 3. The number of hydrogen-bond donors (Lipinski definition) is 3. The van der Waals surface area contributed by atoms with Crippen molar-refractivity contribution < 1.29 is 28.9 Å². The van der Waals surface area contributed by atoms with E-state index in [0.29, 0.717) is 12.1 Å². The van der Waals surface area contributed by atoms with Gasteiger partial charge in [-0.1, -0.05) is 5.21 Å². The first-order valence-electron chi connectivity index (χ1n) is 8.87. The highest BCUT2D eigenvalue weighted by molar-refractivity contribution is 5.77. The van der Waals surface area contributed by atoms with Gasteiger partial charge in [0.05, 0.1) is 19.3 Å². The van der Waals surface area contributed by atoms with Crippen LogP contribution in [-0.2, 0) is 30.3 Å². The van der Waals surface area contributed by atoms with E-state index in [-0.39, 0.29) is 31.9 Å². The number of nitrogens with two attached hydrogens (primary N) is 1. The first kappa shape index (κ1) is 19.7. The molecule has 1 aromatic rings. The Morgan fingerprint density at radius 2 is 2.07 bits per heavy atom. The standard InChI is InChI=1S/C16H25N5O6/c1-16(2)26-13-10(8-22)25-15(14(13)27-16)21-7-9(19-20-21)6-18-12(24)5-3-4-11(17)23/h7,10,13-15,22H,3-6,8H2,1-2H3,(H2,17,23)(H,18,24)/t10-,13-,14-,15-/m1/s1. The molecule has 0 unspecified atom stereocenters. The molecule has 4 N–H and O–H groups in total. The number of aromatic nitrogens is 3. The molecule has 0 radical (unpaired) electrons. The molecule has 11 nitrogen and oxygen atoms in total. The Balaban J connectivity index is 1.56. The van der Waals surface area contributed by atoms with Crippen LogP contribution in [0, 0.1) is 0 Å². The maximum atomic E-state index is 11.8. The quantitative estimate of drug-likeness (QED) is 0.515. The van der Waals surface area contributed by atoms with Crippen molar-refractivity contribution in [2.75, 3.05) is 6.61 Å². The van der Waals surface area contributed by atoms with Gasteiger partial charge in [0.15, 0.2) is 12.0 Å². The molecule has 0 saturated carbocycles. The highest BCUT2D eigenvalue weighted by atomic mass is 16.8. The molecule has 150 valence electrons. The van der Waals surface area contributed by atoms with Gasteiger partial charge in [-0.05, 0) is 20.3 Å². The van der Waals surface area contributed by atoms with E-state index in [9.17, 15) is 14.7 Å². The average Bonchev–Trinajstić information content (AvgIpc) is 3.25. The number of primary amides is 1. The normalized spacial score (nSPS) is 28.9. The van der Waals surface area contributed by atoms with Crippen LogP contribution in [0.1, 0.15) is 45.0 Å². The fourth-order valence-corrected chi connectivity index (χ4v) is 3.24. The maximum Gasteiger partial charge on any atom is 0.220 e. The molecule has 3 rings (SSSR count). The highest BCUT2D eigenvalue weighted by Crippen LogP contribution is 2.42. The second-order valence-electron chi connectivity index (χ2n) is 7.10. The van der Waals surface area contributed by atoms with Crippen LogP contribution in [0.25, 0.3) is 0 Å². The third kappa shape index (κ3) is 4.61. The first-order chi connectivity index (χ1) is 12.8. The first-order valence-corrected chi connectivity index (χ1v) is 8.87. The Hall–Kier alpha value is -2.08. The lowest BCUT2D eigenvalue weighted by Gasteiger charge is -2.23. The summed E-state index contributed by atoms with van der Waals surface area (Å²) in [6.07, 6.45) is 0.534. The van der Waals surface area contributed by atoms with Crippen LogP contribution in [0.15, 0.2) is 6.20 Å². The number of nitrogens with one attached hydrogen (secondary N) is 1. The van der Waals surface area contributed by atoms with Crippen molar-refractivity contribution >= 4 is 11.8 Å². The third-order valence-corrected chi connectivity index (χ3v) is 4.42. The molecule has 2 saturated heterocycles. The van der Waals surface area contributed by atoms with Crippen molar-refractivity contribution in [3.8, 4) is 0 Å². The van der Waals surface area contributed by atoms with Gasteiger partial charge >= 0.3 is 0 Å². The number of fused-ring (bicyclic) bond motifs is 1.